The van der Waals surface area contributed by atoms with E-state index >= 15 is 0 Å². The van der Waals surface area contributed by atoms with Gasteiger partial charge >= 0.3 is 11.9 Å². The average molecular weight is 494 g/mol. The molecule has 0 fully saturated rings. The lowest BCUT2D eigenvalue weighted by Crippen LogP contribution is -2.14. The van der Waals surface area contributed by atoms with E-state index in [0.29, 0.717) is 0 Å². The van der Waals surface area contributed by atoms with E-state index < -0.39 is 11.9 Å². The van der Waals surface area contributed by atoms with Crippen molar-refractivity contribution in [1.82, 2.24) is 0 Å². The van der Waals surface area contributed by atoms with Crippen LogP contribution >= 0.6 is 0 Å². The van der Waals surface area contributed by atoms with Crippen LogP contribution in [-0.4, -0.2) is 99.5 Å². The smallest absolute Gasteiger partial charge is 0.336 e. The highest BCUT2D eigenvalue weighted by Crippen LogP contribution is 2.21. The van der Waals surface area contributed by atoms with Crippen molar-refractivity contribution in [3.63, 3.8) is 0 Å². The second kappa shape index (κ2) is 19.1. The molecule has 34 heavy (non-hydrogen) atoms. The molecule has 14 heteroatoms. The predicted octanol–water partition coefficient (Wildman–Crippen LogP) is -0.0546. The van der Waals surface area contributed by atoms with Gasteiger partial charge in [-0.25, -0.2) is 9.59 Å². The van der Waals surface area contributed by atoms with Crippen molar-refractivity contribution < 1.29 is 67.9 Å². The molecule has 14 nitrogen and oxygen atoms in total. The van der Waals surface area contributed by atoms with E-state index in [1.54, 1.807) is 0 Å². The summed E-state index contributed by atoms with van der Waals surface area (Å²) in [5, 5.41) is 36.0. The summed E-state index contributed by atoms with van der Waals surface area (Å²) in [4.78, 5) is 23.1. The quantitative estimate of drug-likeness (QED) is 0.124. The SMILES string of the molecule is O=C(O)c1cc(COCOCOCOCCO)c(COCOCOCOCCO)c(C(=O)O)c1. The Bertz CT molecular complexity index is 711. The number of carbonyl (C=O) groups is 2. The summed E-state index contributed by atoms with van der Waals surface area (Å²) in [6.07, 6.45) is 0. The zero-order valence-corrected chi connectivity index (χ0v) is 18.5. The van der Waals surface area contributed by atoms with Gasteiger partial charge in [0, 0.05) is 0 Å². The Morgan fingerprint density at radius 2 is 1.09 bits per heavy atom. The minimum absolute atomic E-state index is 0.0759. The Balaban J connectivity index is 2.60. The van der Waals surface area contributed by atoms with E-state index in [1.807, 2.05) is 0 Å². The molecule has 0 radical (unpaired) electrons. The number of benzene rings is 1. The first-order valence-corrected chi connectivity index (χ1v) is 9.97. The lowest BCUT2D eigenvalue weighted by atomic mass is 9.98. The van der Waals surface area contributed by atoms with E-state index in [-0.39, 0.29) is 103 Å². The molecule has 194 valence electrons. The molecule has 1 aromatic rings. The Kier molecular flexibility index (Phi) is 16.7. The molecule has 0 heterocycles. The maximum Gasteiger partial charge on any atom is 0.336 e. The monoisotopic (exact) mass is 494 g/mol. The number of ether oxygens (including phenoxy) is 8. The fourth-order valence-corrected chi connectivity index (χ4v) is 2.38. The van der Waals surface area contributed by atoms with Crippen molar-refractivity contribution in [2.24, 2.45) is 0 Å². The van der Waals surface area contributed by atoms with E-state index in [4.69, 9.17) is 48.1 Å². The lowest BCUT2D eigenvalue weighted by Gasteiger charge is -2.15. The summed E-state index contributed by atoms with van der Waals surface area (Å²) >= 11 is 0. The molecule has 1 rings (SSSR count). The fraction of sp³-hybridized carbons (Fsp3) is 0.600. The average Bonchev–Trinajstić information content (AvgIpc) is 2.81. The summed E-state index contributed by atoms with van der Waals surface area (Å²) in [6, 6.07) is 2.32. The van der Waals surface area contributed by atoms with Gasteiger partial charge in [0.25, 0.3) is 0 Å². The minimum atomic E-state index is -1.33. The van der Waals surface area contributed by atoms with Gasteiger partial charge in [-0.3, -0.25) is 0 Å². The van der Waals surface area contributed by atoms with Gasteiger partial charge in [0.2, 0.25) is 0 Å². The summed E-state index contributed by atoms with van der Waals surface area (Å²) < 4.78 is 40.5. The molecule has 0 saturated heterocycles. The number of aliphatic hydroxyl groups is 2. The number of rotatable bonds is 22. The van der Waals surface area contributed by atoms with E-state index in [0.717, 1.165) is 6.07 Å². The zero-order valence-electron chi connectivity index (χ0n) is 18.5. The van der Waals surface area contributed by atoms with Crippen molar-refractivity contribution in [1.29, 1.82) is 0 Å². The minimum Gasteiger partial charge on any atom is -0.478 e. The first-order chi connectivity index (χ1) is 16.5. The number of hydrogen-bond acceptors (Lipinski definition) is 12. The van der Waals surface area contributed by atoms with Crippen LogP contribution in [0.25, 0.3) is 0 Å². The van der Waals surface area contributed by atoms with Gasteiger partial charge in [0.15, 0.2) is 13.6 Å². The van der Waals surface area contributed by atoms with E-state index in [9.17, 15) is 19.8 Å². The van der Waals surface area contributed by atoms with Crippen LogP contribution < -0.4 is 0 Å². The highest BCUT2D eigenvalue weighted by Gasteiger charge is 2.19. The van der Waals surface area contributed by atoms with Gasteiger partial charge in [-0.2, -0.15) is 0 Å². The van der Waals surface area contributed by atoms with Crippen LogP contribution in [0, 0.1) is 0 Å². The van der Waals surface area contributed by atoms with Crippen molar-refractivity contribution in [2.45, 2.75) is 13.2 Å². The molecule has 0 saturated carbocycles. The topological polar surface area (TPSA) is 189 Å². The lowest BCUT2D eigenvalue weighted by molar-refractivity contribution is -0.175. The van der Waals surface area contributed by atoms with E-state index in [2.05, 4.69) is 0 Å². The van der Waals surface area contributed by atoms with Crippen LogP contribution in [0.1, 0.15) is 31.8 Å². The standard InChI is InChI=1S/C20H30O14/c21-1-3-27-9-31-13-33-11-29-7-16-5-15(19(23)24)6-17(20(25)26)18(16)8-30-12-34-14-32-10-28-4-2-22/h5-6,21-22H,1-4,7-14H2,(H,23,24)(H,25,26). The van der Waals surface area contributed by atoms with Gasteiger partial charge in [-0.15, -0.1) is 0 Å². The third-order valence-corrected chi connectivity index (χ3v) is 3.79. The number of hydrogen-bond donors (Lipinski definition) is 4. The van der Waals surface area contributed by atoms with Crippen LogP contribution in [0.15, 0.2) is 12.1 Å². The molecule has 0 aliphatic rings. The molecule has 0 aliphatic heterocycles. The largest absolute Gasteiger partial charge is 0.478 e. The molecule has 0 amide bonds. The van der Waals surface area contributed by atoms with Crippen LogP contribution in [0.5, 0.6) is 0 Å². The Labute approximate surface area is 195 Å². The molecule has 0 aliphatic carbocycles. The predicted molar refractivity (Wildman–Crippen MR) is 110 cm³/mol. The third kappa shape index (κ3) is 12.9. The molecule has 4 N–H and O–H groups in total. The van der Waals surface area contributed by atoms with Gasteiger partial charge in [-0.05, 0) is 23.3 Å². The normalized spacial score (nSPS) is 11.1. The molecular formula is C20H30O14. The molecule has 0 aromatic heterocycles. The summed E-state index contributed by atoms with van der Waals surface area (Å²) in [6.45, 7) is -1.29. The molecule has 0 spiro atoms. The fourth-order valence-electron chi connectivity index (χ4n) is 2.38. The zero-order chi connectivity index (χ0) is 25.0. The number of aromatic carboxylic acids is 2. The maximum atomic E-state index is 11.7. The van der Waals surface area contributed by atoms with Gasteiger partial charge in [-0.1, -0.05) is 0 Å². The van der Waals surface area contributed by atoms with Crippen molar-refractivity contribution in [3.8, 4) is 0 Å². The molecule has 0 atom stereocenters. The maximum absolute atomic E-state index is 11.7. The van der Waals surface area contributed by atoms with Crippen LogP contribution in [0.3, 0.4) is 0 Å². The Morgan fingerprint density at radius 1 is 0.618 bits per heavy atom. The second-order valence-electron chi connectivity index (χ2n) is 6.26. The van der Waals surface area contributed by atoms with Crippen molar-refractivity contribution in [3.05, 3.63) is 34.4 Å². The van der Waals surface area contributed by atoms with Crippen LogP contribution in [0.4, 0.5) is 0 Å². The summed E-state index contributed by atoms with van der Waals surface area (Å²) in [7, 11) is 0. The van der Waals surface area contributed by atoms with Gasteiger partial charge in [0.1, 0.15) is 27.2 Å². The molecule has 1 aromatic carbocycles. The summed E-state index contributed by atoms with van der Waals surface area (Å²) in [5.41, 5.74) is 0.0127. The highest BCUT2D eigenvalue weighted by atomic mass is 16.8. The second-order valence-corrected chi connectivity index (χ2v) is 6.26. The number of carboxylic acids is 2. The van der Waals surface area contributed by atoms with Crippen molar-refractivity contribution >= 4 is 11.9 Å². The highest BCUT2D eigenvalue weighted by molar-refractivity contribution is 5.95. The van der Waals surface area contributed by atoms with Gasteiger partial charge in [0.05, 0.1) is 50.8 Å². The Hall–Kier alpha value is -2.24. The molecular weight excluding hydrogens is 464 g/mol. The molecule has 0 bridgehead atoms. The van der Waals surface area contributed by atoms with Crippen LogP contribution in [-0.2, 0) is 51.1 Å². The number of aliphatic hydroxyl groups excluding tert-OH is 2. The van der Waals surface area contributed by atoms with E-state index in [1.165, 1.54) is 6.07 Å². The molecule has 0 unspecified atom stereocenters. The van der Waals surface area contributed by atoms with Crippen LogP contribution in [0.2, 0.25) is 0 Å². The summed E-state index contributed by atoms with van der Waals surface area (Å²) in [5.74, 6) is -2.63. The third-order valence-electron chi connectivity index (χ3n) is 3.79. The van der Waals surface area contributed by atoms with Crippen molar-refractivity contribution in [2.75, 3.05) is 67.2 Å². The van der Waals surface area contributed by atoms with Gasteiger partial charge < -0.3 is 58.3 Å². The Morgan fingerprint density at radius 3 is 1.56 bits per heavy atom. The first kappa shape index (κ1) is 29.8. The number of carboxylic acid groups (broad SMARTS) is 2. The first-order valence-electron chi connectivity index (χ1n) is 9.97.